The Hall–Kier alpha value is -2.12. The number of pyridine rings is 1. The number of halogens is 3. The van der Waals surface area contributed by atoms with Crippen molar-refractivity contribution in [1.29, 1.82) is 0 Å². The van der Waals surface area contributed by atoms with Crippen molar-refractivity contribution in [2.24, 2.45) is 0 Å². The molecule has 0 amide bonds. The van der Waals surface area contributed by atoms with Crippen LogP contribution in [-0.4, -0.2) is 35.6 Å². The maximum Gasteiger partial charge on any atom is 0.126 e. The van der Waals surface area contributed by atoms with Gasteiger partial charge in [-0.2, -0.15) is 0 Å². The second-order valence-corrected chi connectivity index (χ2v) is 9.16. The summed E-state index contributed by atoms with van der Waals surface area (Å²) in [5, 5.41) is 10.4. The molecule has 8 heteroatoms. The molecule has 0 bridgehead atoms. The molecule has 3 aromatic rings. The molecule has 1 saturated heterocycles. The van der Waals surface area contributed by atoms with E-state index in [2.05, 4.69) is 40.8 Å². The summed E-state index contributed by atoms with van der Waals surface area (Å²) in [5.41, 5.74) is 3.21. The highest BCUT2D eigenvalue weighted by molar-refractivity contribution is 7.16. The molecular weight excluding hydrogens is 466 g/mol. The van der Waals surface area contributed by atoms with Crippen LogP contribution < -0.4 is 21.2 Å². The van der Waals surface area contributed by atoms with E-state index in [9.17, 15) is 4.39 Å². The van der Waals surface area contributed by atoms with Crippen molar-refractivity contribution in [3.05, 3.63) is 81.1 Å². The third-order valence-corrected chi connectivity index (χ3v) is 6.81. The van der Waals surface area contributed by atoms with E-state index in [0.717, 1.165) is 48.6 Å². The Labute approximate surface area is 204 Å². The molecule has 1 unspecified atom stereocenters. The van der Waals surface area contributed by atoms with Gasteiger partial charge in [0.05, 0.1) is 11.0 Å². The number of piperazine rings is 1. The van der Waals surface area contributed by atoms with Gasteiger partial charge in [0.1, 0.15) is 10.8 Å². The Morgan fingerprint density at radius 2 is 2.03 bits per heavy atom. The Bertz CT molecular complexity index is 1200. The minimum Gasteiger partial charge on any atom is -0.366 e. The fourth-order valence-corrected chi connectivity index (χ4v) is 5.26. The van der Waals surface area contributed by atoms with Crippen LogP contribution in [-0.2, 0) is 6.42 Å². The zero-order valence-corrected chi connectivity index (χ0v) is 20.3. The van der Waals surface area contributed by atoms with E-state index < -0.39 is 0 Å². The number of aryl methyl sites for hydroxylation is 2. The monoisotopic (exact) mass is 492 g/mol. The van der Waals surface area contributed by atoms with Gasteiger partial charge in [-0.15, -0.1) is 36.2 Å². The number of aromatic nitrogens is 1. The lowest BCUT2D eigenvalue weighted by Gasteiger charge is -2.36. The number of nitrogens with one attached hydrogen (secondary N) is 2. The highest BCUT2D eigenvalue weighted by atomic mass is 35.5. The quantitative estimate of drug-likeness (QED) is 0.582. The van der Waals surface area contributed by atoms with Crippen LogP contribution in [0.3, 0.4) is 0 Å². The molecule has 2 N–H and O–H groups in total. The number of nitrogens with zero attached hydrogens (tertiary/aromatic N) is 2. The molecule has 1 fully saturated rings. The molecule has 5 rings (SSSR count). The Morgan fingerprint density at radius 3 is 2.88 bits per heavy atom. The molecule has 0 spiro atoms. The number of rotatable bonds is 4. The minimum atomic E-state index is -0.110. The third-order valence-electron chi connectivity index (χ3n) is 5.82. The van der Waals surface area contributed by atoms with Gasteiger partial charge in [0.25, 0.3) is 0 Å². The van der Waals surface area contributed by atoms with Crippen LogP contribution in [0.25, 0.3) is 11.9 Å². The minimum absolute atomic E-state index is 0. The highest BCUT2D eigenvalue weighted by Gasteiger charge is 2.26. The van der Waals surface area contributed by atoms with Gasteiger partial charge in [-0.3, -0.25) is 4.98 Å². The van der Waals surface area contributed by atoms with Crippen LogP contribution in [0.1, 0.15) is 22.4 Å². The summed E-state index contributed by atoms with van der Waals surface area (Å²) in [6.45, 7) is 4.86. The molecule has 32 heavy (non-hydrogen) atoms. The molecule has 0 aliphatic carbocycles. The first-order chi connectivity index (χ1) is 14.7. The second-order valence-electron chi connectivity index (χ2n) is 7.91. The van der Waals surface area contributed by atoms with Gasteiger partial charge in [-0.1, -0.05) is 18.2 Å². The largest absolute Gasteiger partial charge is 0.366 e. The first kappa shape index (κ1) is 24.5. The summed E-state index contributed by atoms with van der Waals surface area (Å²) >= 11 is 1.78. The highest BCUT2D eigenvalue weighted by Crippen LogP contribution is 2.34. The number of anilines is 1. The smallest absolute Gasteiger partial charge is 0.126 e. The molecule has 4 nitrogen and oxygen atoms in total. The van der Waals surface area contributed by atoms with Crippen LogP contribution in [0.15, 0.2) is 48.7 Å². The fraction of sp³-hybridized carbons (Fsp3) is 0.292. The number of hydrogen-bond donors (Lipinski definition) is 2. The molecule has 2 aliphatic heterocycles. The van der Waals surface area contributed by atoms with Crippen molar-refractivity contribution in [3.63, 3.8) is 0 Å². The lowest BCUT2D eigenvalue weighted by atomic mass is 10.0. The zero-order valence-electron chi connectivity index (χ0n) is 17.8. The molecule has 1 atom stereocenters. The normalized spacial score (nSPS) is 17.0. The molecule has 0 saturated carbocycles. The van der Waals surface area contributed by atoms with E-state index in [1.54, 1.807) is 23.5 Å². The summed E-state index contributed by atoms with van der Waals surface area (Å²) in [6, 6.07) is 13.7. The van der Waals surface area contributed by atoms with Crippen molar-refractivity contribution in [3.8, 4) is 0 Å². The van der Waals surface area contributed by atoms with Crippen LogP contribution in [0, 0.1) is 12.7 Å². The van der Waals surface area contributed by atoms with Crippen molar-refractivity contribution >= 4 is 53.0 Å². The van der Waals surface area contributed by atoms with Gasteiger partial charge in [-0.05, 0) is 49.6 Å². The van der Waals surface area contributed by atoms with E-state index in [1.165, 1.54) is 21.1 Å². The van der Waals surface area contributed by atoms with E-state index in [1.807, 2.05) is 24.4 Å². The van der Waals surface area contributed by atoms with Gasteiger partial charge in [0.2, 0.25) is 0 Å². The number of benzene rings is 1. The molecule has 1 aromatic carbocycles. The second kappa shape index (κ2) is 10.7. The first-order valence-electron chi connectivity index (χ1n) is 10.4. The van der Waals surface area contributed by atoms with E-state index in [4.69, 9.17) is 4.98 Å². The SMILES string of the molecule is Cc1cc2c(s1)NC=c1cccnc1=C2N1CCNC(CCc2ccccc2F)C1.Cl.Cl. The number of thiophene rings is 1. The molecule has 0 radical (unpaired) electrons. The van der Waals surface area contributed by atoms with Crippen molar-refractivity contribution in [2.45, 2.75) is 25.8 Å². The summed E-state index contributed by atoms with van der Waals surface area (Å²) in [6.07, 6.45) is 5.57. The molecule has 2 aliphatic rings. The predicted octanol–water partition coefficient (Wildman–Crippen LogP) is 3.66. The maximum absolute atomic E-state index is 14.0. The lowest BCUT2D eigenvalue weighted by molar-refractivity contribution is 0.268. The van der Waals surface area contributed by atoms with E-state index in [-0.39, 0.29) is 30.6 Å². The summed E-state index contributed by atoms with van der Waals surface area (Å²) in [4.78, 5) is 8.50. The molecular formula is C24H27Cl2FN4S. The van der Waals surface area contributed by atoms with Crippen LogP contribution in [0.5, 0.6) is 0 Å². The van der Waals surface area contributed by atoms with Gasteiger partial charge < -0.3 is 15.5 Å². The van der Waals surface area contributed by atoms with Crippen molar-refractivity contribution < 1.29 is 4.39 Å². The average Bonchev–Trinajstić information content (AvgIpc) is 3.05. The Balaban J connectivity index is 0.00000144. The summed E-state index contributed by atoms with van der Waals surface area (Å²) in [7, 11) is 0. The van der Waals surface area contributed by atoms with E-state index >= 15 is 0 Å². The molecule has 170 valence electrons. The average molecular weight is 493 g/mol. The first-order valence-corrected chi connectivity index (χ1v) is 11.3. The van der Waals surface area contributed by atoms with Crippen molar-refractivity contribution in [2.75, 3.05) is 25.0 Å². The van der Waals surface area contributed by atoms with Crippen LogP contribution >= 0.6 is 36.2 Å². The molecule has 2 aromatic heterocycles. The van der Waals surface area contributed by atoms with Gasteiger partial charge in [-0.25, -0.2) is 4.39 Å². The Kier molecular flexibility index (Phi) is 8.17. The summed E-state index contributed by atoms with van der Waals surface area (Å²) in [5.74, 6) is -0.110. The zero-order chi connectivity index (χ0) is 20.5. The fourth-order valence-electron chi connectivity index (χ4n) is 4.37. The third kappa shape index (κ3) is 4.94. The van der Waals surface area contributed by atoms with Gasteiger partial charge in [0.15, 0.2) is 0 Å². The Morgan fingerprint density at radius 1 is 1.19 bits per heavy atom. The lowest BCUT2D eigenvalue weighted by Crippen LogP contribution is -2.51. The van der Waals surface area contributed by atoms with Gasteiger partial charge >= 0.3 is 0 Å². The van der Waals surface area contributed by atoms with Crippen LogP contribution in [0.4, 0.5) is 9.39 Å². The molecule has 4 heterocycles. The topological polar surface area (TPSA) is 40.2 Å². The maximum atomic E-state index is 14.0. The predicted molar refractivity (Wildman–Crippen MR) is 136 cm³/mol. The van der Waals surface area contributed by atoms with Gasteiger partial charge in [0, 0.05) is 53.7 Å². The summed E-state index contributed by atoms with van der Waals surface area (Å²) < 4.78 is 14.0. The standard InChI is InChI=1S/C24H25FN4S.2ClH/c1-16-13-20-23(22-18(6-4-10-27-22)14-28-24(20)30-16)29-12-11-26-19(15-29)9-8-17-5-2-3-7-21(17)25;;/h2-7,10,13-14,19,26,28H,8-9,11-12,15H2,1H3;2*1H. The van der Waals surface area contributed by atoms with Crippen molar-refractivity contribution in [1.82, 2.24) is 15.2 Å². The number of fused-ring (bicyclic) bond motifs is 2. The van der Waals surface area contributed by atoms with E-state index in [0.29, 0.717) is 6.04 Å². The number of hydrogen-bond acceptors (Lipinski definition) is 5. The van der Waals surface area contributed by atoms with Crippen LogP contribution in [0.2, 0.25) is 0 Å².